The molecule has 0 unspecified atom stereocenters. The third-order valence-corrected chi connectivity index (χ3v) is 21.9. The van der Waals surface area contributed by atoms with E-state index in [9.17, 15) is 26.0 Å². The van der Waals surface area contributed by atoms with Crippen LogP contribution >= 0.6 is 0 Å². The summed E-state index contributed by atoms with van der Waals surface area (Å²) in [5, 5.41) is 3.97. The van der Waals surface area contributed by atoms with Crippen molar-refractivity contribution in [3.63, 3.8) is 0 Å². The van der Waals surface area contributed by atoms with Gasteiger partial charge in [0.15, 0.2) is 19.7 Å². The van der Waals surface area contributed by atoms with Gasteiger partial charge in [0.05, 0.1) is 28.4 Å². The predicted octanol–water partition coefficient (Wildman–Crippen LogP) is 8.32. The van der Waals surface area contributed by atoms with E-state index in [0.717, 1.165) is 38.5 Å². The van der Waals surface area contributed by atoms with E-state index >= 15 is 0 Å². The third kappa shape index (κ3) is 6.90. The second-order valence-corrected chi connectivity index (χ2v) is 26.0. The summed E-state index contributed by atoms with van der Waals surface area (Å²) in [4.78, 5) is 14.4. The largest absolute Gasteiger partial charge is 0.310 e. The van der Waals surface area contributed by atoms with Crippen molar-refractivity contribution in [1.29, 1.82) is 0 Å². The molecule has 4 saturated carbocycles. The highest BCUT2D eigenvalue weighted by atomic mass is 32.2. The monoisotopic (exact) mass is 816 g/mol. The molecule has 0 aromatic carbocycles. The lowest BCUT2D eigenvalue weighted by Crippen LogP contribution is -2.68. The van der Waals surface area contributed by atoms with Gasteiger partial charge in [-0.25, -0.2) is 21.2 Å². The van der Waals surface area contributed by atoms with Crippen LogP contribution in [0.4, 0.5) is 4.39 Å². The predicted molar refractivity (Wildman–Crippen MR) is 226 cm³/mol. The minimum Gasteiger partial charge on any atom is -0.310 e. The summed E-state index contributed by atoms with van der Waals surface area (Å²) in [5.74, 6) is 3.00. The molecule has 1 aliphatic heterocycles. The van der Waals surface area contributed by atoms with Gasteiger partial charge in [-0.05, 0) is 153 Å². The Morgan fingerprint density at radius 2 is 1.61 bits per heavy atom. The van der Waals surface area contributed by atoms with Gasteiger partial charge in [0.1, 0.15) is 12.5 Å². The first-order chi connectivity index (χ1) is 26.1. The van der Waals surface area contributed by atoms with Gasteiger partial charge < -0.3 is 10.2 Å². The van der Waals surface area contributed by atoms with Crippen LogP contribution in [0.5, 0.6) is 0 Å². The maximum Gasteiger partial charge on any atom is 0.152 e. The van der Waals surface area contributed by atoms with Crippen molar-refractivity contribution in [2.45, 2.75) is 131 Å². The summed E-state index contributed by atoms with van der Waals surface area (Å²) in [6.45, 7) is 22.3. The average molecular weight is 817 g/mol. The van der Waals surface area contributed by atoms with E-state index in [1.54, 1.807) is 6.92 Å². The fourth-order valence-electron chi connectivity index (χ4n) is 15.1. The number of nitrogens with zero attached hydrogens (tertiary/aromatic N) is 1. The fraction of sp³-hybridized carbons (Fsp3) is 0.848. The zero-order chi connectivity index (χ0) is 40.7. The number of alkyl halides is 1. The van der Waals surface area contributed by atoms with Crippen LogP contribution in [-0.4, -0.2) is 88.9 Å². The van der Waals surface area contributed by atoms with Crippen molar-refractivity contribution < 1.29 is 26.0 Å². The number of sulfone groups is 2. The molecule has 0 aromatic rings. The molecule has 10 heteroatoms. The van der Waals surface area contributed by atoms with Crippen LogP contribution in [0.15, 0.2) is 35.5 Å². The molecule has 10 atom stereocenters. The van der Waals surface area contributed by atoms with Gasteiger partial charge in [0.25, 0.3) is 0 Å². The second kappa shape index (κ2) is 14.7. The molecule has 56 heavy (non-hydrogen) atoms. The van der Waals surface area contributed by atoms with Crippen LogP contribution in [0.2, 0.25) is 0 Å². The smallest absolute Gasteiger partial charge is 0.152 e. The van der Waals surface area contributed by atoms with Crippen LogP contribution in [0.1, 0.15) is 126 Å². The molecule has 7 nitrogen and oxygen atoms in total. The molecule has 7 aliphatic rings. The van der Waals surface area contributed by atoms with E-state index in [4.69, 9.17) is 0 Å². The van der Waals surface area contributed by atoms with E-state index in [-0.39, 0.29) is 56.0 Å². The molecule has 1 N–H and O–H groups in total. The number of nitrogens with one attached hydrogen (secondary N) is 1. The zero-order valence-corrected chi connectivity index (χ0v) is 37.4. The van der Waals surface area contributed by atoms with Crippen LogP contribution in [0.3, 0.4) is 0 Å². The number of ketones is 1. The average Bonchev–Trinajstić information content (AvgIpc) is 3.51. The van der Waals surface area contributed by atoms with Gasteiger partial charge in [0, 0.05) is 31.7 Å². The van der Waals surface area contributed by atoms with Crippen molar-refractivity contribution in [3.8, 4) is 0 Å². The highest BCUT2D eigenvalue weighted by Gasteiger charge is 2.70. The lowest BCUT2D eigenvalue weighted by Gasteiger charge is -2.72. The van der Waals surface area contributed by atoms with E-state index in [1.807, 2.05) is 4.90 Å². The minimum atomic E-state index is -3.29. The van der Waals surface area contributed by atoms with Gasteiger partial charge in [-0.3, -0.25) is 4.79 Å². The molecule has 5 fully saturated rings. The molecule has 0 bridgehead atoms. The van der Waals surface area contributed by atoms with Crippen molar-refractivity contribution in [3.05, 3.63) is 35.5 Å². The van der Waals surface area contributed by atoms with Crippen LogP contribution in [0.25, 0.3) is 0 Å². The number of fused-ring (bicyclic) bond motifs is 7. The summed E-state index contributed by atoms with van der Waals surface area (Å²) in [6, 6.07) is 0. The van der Waals surface area contributed by atoms with Crippen LogP contribution in [-0.2, 0) is 24.5 Å². The number of allylic oxidation sites excluding steroid dienone is 5. The summed E-state index contributed by atoms with van der Waals surface area (Å²) in [6.07, 6.45) is 17.0. The van der Waals surface area contributed by atoms with E-state index in [0.29, 0.717) is 68.6 Å². The Morgan fingerprint density at radius 3 is 2.23 bits per heavy atom. The van der Waals surface area contributed by atoms with Crippen molar-refractivity contribution in [1.82, 2.24) is 10.2 Å². The molecule has 0 amide bonds. The molecule has 316 valence electrons. The summed E-state index contributed by atoms with van der Waals surface area (Å²) < 4.78 is 64.5. The minimum absolute atomic E-state index is 0.000751. The Labute approximate surface area is 339 Å². The van der Waals surface area contributed by atoms with Crippen molar-refractivity contribution >= 4 is 25.5 Å². The summed E-state index contributed by atoms with van der Waals surface area (Å²) >= 11 is 0. The Bertz CT molecular complexity index is 1860. The second-order valence-electron chi connectivity index (χ2n) is 21.4. The first kappa shape index (κ1) is 42.8. The lowest BCUT2D eigenvalue weighted by molar-refractivity contribution is -0.221. The number of rotatable bonds is 11. The molecule has 7 rings (SSSR count). The first-order valence-electron chi connectivity index (χ1n) is 22.1. The van der Waals surface area contributed by atoms with Gasteiger partial charge in [-0.15, -0.1) is 0 Å². The molecule has 6 aliphatic carbocycles. The lowest BCUT2D eigenvalue weighted by atomic mass is 9.33. The third-order valence-electron chi connectivity index (χ3n) is 18.7. The number of hydrogen-bond donors (Lipinski definition) is 1. The highest BCUT2D eigenvalue weighted by molar-refractivity contribution is 7.91. The maximum atomic E-state index is 14.2. The number of halogens is 1. The highest BCUT2D eigenvalue weighted by Crippen LogP contribution is 2.76. The van der Waals surface area contributed by atoms with Gasteiger partial charge in [0.2, 0.25) is 0 Å². The molecule has 0 spiro atoms. The summed E-state index contributed by atoms with van der Waals surface area (Å²) in [5.41, 5.74) is 3.71. The van der Waals surface area contributed by atoms with Crippen molar-refractivity contribution in [2.24, 2.45) is 56.7 Å². The zero-order valence-electron chi connectivity index (χ0n) is 35.8. The first-order valence-corrected chi connectivity index (χ1v) is 25.7. The number of carbonyl (C=O) groups excluding carboxylic acids is 1. The molecule has 0 aromatic heterocycles. The molecule has 1 heterocycles. The number of carbonyl (C=O) groups is 1. The van der Waals surface area contributed by atoms with Gasteiger partial charge in [-0.2, -0.15) is 0 Å². The maximum absolute atomic E-state index is 14.2. The Morgan fingerprint density at radius 1 is 0.893 bits per heavy atom. The number of hydrogen-bond acceptors (Lipinski definition) is 7. The van der Waals surface area contributed by atoms with E-state index < -0.39 is 31.8 Å². The Balaban J connectivity index is 1.08. The number of Topliss-reactive ketones (excluding diaryl/α,β-unsaturated/α-hetero) is 1. The fourth-order valence-corrected chi connectivity index (χ4v) is 17.5. The van der Waals surface area contributed by atoms with E-state index in [2.05, 4.69) is 65.6 Å². The SMILES string of the molecule is C=C(C)[C@@H]1CC[C@]2(NCCS(=O)(=O)CCN3CCS(=O)(=O)CC3)CC[C@]3(C)[C@H](CC[C@@H]4[C@@]5(C)CC=C(C6=CC[C@](CF)(C(C)=O)CC6)C(C)(C)[C@@H]5CC[C@]43C)[C@@H]12. The quantitative estimate of drug-likeness (QED) is 0.210. The standard InChI is InChI=1S/C46H73FN2O5S2/c1-32(2)35-13-20-46(48-23-27-55(51,52)28-24-49-25-29-56(53,54)30-26-49)22-21-43(7)37(40(35)46)9-10-39-42(6)16-14-36(41(4,5)38(42)15-17-44(39,43)8)34-11-18-45(31-47,19-12-34)33(3)50/h11,14,35,37-40,48H,1,9-10,12-13,15-31H2,2-8H3/t35-,37+,38-,39+,40+,42-,43+,44+,45-,46-/m0/s1. The molecular weight excluding hydrogens is 744 g/mol. The van der Waals surface area contributed by atoms with Crippen LogP contribution in [0, 0.1) is 56.7 Å². The topological polar surface area (TPSA) is 101 Å². The molecule has 1 saturated heterocycles. The molecule has 0 radical (unpaired) electrons. The molecular formula is C46H73FN2O5S2. The van der Waals surface area contributed by atoms with E-state index in [1.165, 1.54) is 42.4 Å². The van der Waals surface area contributed by atoms with Gasteiger partial charge in [-0.1, -0.05) is 58.9 Å². The normalized spacial score (nSPS) is 43.3. The Hall–Kier alpha value is -1.36. The summed E-state index contributed by atoms with van der Waals surface area (Å²) in [7, 11) is -6.28. The van der Waals surface area contributed by atoms with Gasteiger partial charge >= 0.3 is 0 Å². The Kier molecular flexibility index (Phi) is 11.2. The van der Waals surface area contributed by atoms with Crippen LogP contribution < -0.4 is 5.32 Å². The van der Waals surface area contributed by atoms with Crippen molar-refractivity contribution in [2.75, 3.05) is 55.9 Å².